The molecular formula is C11H16N2O4S2. The normalized spacial score (nSPS) is 10.4. The lowest BCUT2D eigenvalue weighted by Gasteiger charge is -2.03. The molecular weight excluding hydrogens is 288 g/mol. The zero-order valence-electron chi connectivity index (χ0n) is 10.5. The molecule has 8 heteroatoms. The third-order valence-electron chi connectivity index (χ3n) is 2.18. The first-order chi connectivity index (χ1) is 9.15. The van der Waals surface area contributed by atoms with Gasteiger partial charge in [-0.3, -0.25) is 9.59 Å². The highest BCUT2D eigenvalue weighted by molar-refractivity contribution is 8.76. The van der Waals surface area contributed by atoms with Crippen molar-refractivity contribution >= 4 is 33.5 Å². The van der Waals surface area contributed by atoms with E-state index < -0.39 is 5.97 Å². The van der Waals surface area contributed by atoms with Crippen molar-refractivity contribution in [3.05, 3.63) is 17.5 Å². The van der Waals surface area contributed by atoms with Gasteiger partial charge in [0.2, 0.25) is 0 Å². The molecule has 1 rings (SSSR count). The Morgan fingerprint density at radius 1 is 1.42 bits per heavy atom. The number of hydrogen-bond donors (Lipinski definition) is 2. The van der Waals surface area contributed by atoms with Crippen LogP contribution in [0, 0.1) is 0 Å². The van der Waals surface area contributed by atoms with Crippen LogP contribution in [0.5, 0.6) is 0 Å². The van der Waals surface area contributed by atoms with Crippen LogP contribution in [0.1, 0.15) is 29.4 Å². The van der Waals surface area contributed by atoms with Crippen molar-refractivity contribution in [3.8, 4) is 0 Å². The molecule has 0 atom stereocenters. The summed E-state index contributed by atoms with van der Waals surface area (Å²) in [5.41, 5.74) is 1.13. The average molecular weight is 304 g/mol. The number of rotatable bonds is 9. The summed E-state index contributed by atoms with van der Waals surface area (Å²) in [7, 11) is 3.04. The fraction of sp³-hybridized carbons (Fsp3) is 0.545. The summed E-state index contributed by atoms with van der Waals surface area (Å²) >= 11 is 0. The molecule has 0 radical (unpaired) electrons. The molecule has 1 aromatic rings. The Morgan fingerprint density at radius 3 is 2.84 bits per heavy atom. The molecule has 1 amide bonds. The van der Waals surface area contributed by atoms with Crippen LogP contribution < -0.4 is 5.32 Å². The van der Waals surface area contributed by atoms with E-state index >= 15 is 0 Å². The molecule has 0 saturated carbocycles. The molecule has 6 nitrogen and oxygen atoms in total. The average Bonchev–Trinajstić information content (AvgIpc) is 2.85. The number of nitrogens with one attached hydrogen (secondary N) is 1. The summed E-state index contributed by atoms with van der Waals surface area (Å²) in [6.07, 6.45) is 2.16. The van der Waals surface area contributed by atoms with Gasteiger partial charge < -0.3 is 14.9 Å². The lowest BCUT2D eigenvalue weighted by atomic mass is 10.2. The molecule has 19 heavy (non-hydrogen) atoms. The maximum atomic E-state index is 11.8. The summed E-state index contributed by atoms with van der Waals surface area (Å²) in [6.45, 7) is 2.43. The van der Waals surface area contributed by atoms with Gasteiger partial charge in [-0.2, -0.15) is 0 Å². The minimum Gasteiger partial charge on any atom is -0.481 e. The van der Waals surface area contributed by atoms with Crippen molar-refractivity contribution < 1.29 is 19.2 Å². The number of aryl methyl sites for hydroxylation is 1. The van der Waals surface area contributed by atoms with Crippen molar-refractivity contribution in [2.45, 2.75) is 19.8 Å². The predicted octanol–water partition coefficient (Wildman–Crippen LogP) is 1.82. The van der Waals surface area contributed by atoms with Crippen LogP contribution >= 0.6 is 21.6 Å². The van der Waals surface area contributed by atoms with Crippen molar-refractivity contribution in [2.24, 2.45) is 0 Å². The lowest BCUT2D eigenvalue weighted by Crippen LogP contribution is -2.26. The van der Waals surface area contributed by atoms with Crippen molar-refractivity contribution in [1.29, 1.82) is 0 Å². The van der Waals surface area contributed by atoms with E-state index in [2.05, 4.69) is 10.5 Å². The van der Waals surface area contributed by atoms with E-state index in [-0.39, 0.29) is 12.3 Å². The number of carbonyl (C=O) groups is 2. The van der Waals surface area contributed by atoms with Crippen LogP contribution in [-0.2, 0) is 11.2 Å². The first-order valence-electron chi connectivity index (χ1n) is 5.82. The van der Waals surface area contributed by atoms with E-state index in [4.69, 9.17) is 9.63 Å². The van der Waals surface area contributed by atoms with E-state index in [9.17, 15) is 9.59 Å². The van der Waals surface area contributed by atoms with Gasteiger partial charge in [-0.25, -0.2) is 0 Å². The molecule has 0 aliphatic carbocycles. The number of hydrogen-bond acceptors (Lipinski definition) is 6. The molecule has 0 spiro atoms. The quantitative estimate of drug-likeness (QED) is 0.531. The van der Waals surface area contributed by atoms with Gasteiger partial charge in [0.15, 0.2) is 0 Å². The molecule has 1 heterocycles. The SMILES string of the molecule is CCc1nocc1C(=O)NCCSSCCC(=O)O. The van der Waals surface area contributed by atoms with Crippen LogP contribution in [-0.4, -0.2) is 40.2 Å². The number of carboxylic acid groups (broad SMARTS) is 1. The van der Waals surface area contributed by atoms with Gasteiger partial charge in [0, 0.05) is 18.1 Å². The monoisotopic (exact) mass is 304 g/mol. The number of carboxylic acids is 1. The van der Waals surface area contributed by atoms with E-state index in [0.717, 1.165) is 5.75 Å². The van der Waals surface area contributed by atoms with Gasteiger partial charge in [-0.1, -0.05) is 33.7 Å². The number of amides is 1. The van der Waals surface area contributed by atoms with Gasteiger partial charge >= 0.3 is 5.97 Å². The third-order valence-corrected chi connectivity index (χ3v) is 4.59. The Labute approximate surface area is 119 Å². The lowest BCUT2D eigenvalue weighted by molar-refractivity contribution is -0.136. The predicted molar refractivity (Wildman–Crippen MR) is 75.4 cm³/mol. The summed E-state index contributed by atoms with van der Waals surface area (Å²) in [5, 5.41) is 15.0. The maximum Gasteiger partial charge on any atom is 0.304 e. The van der Waals surface area contributed by atoms with Crippen molar-refractivity contribution in [2.75, 3.05) is 18.1 Å². The highest BCUT2D eigenvalue weighted by Gasteiger charge is 2.13. The Kier molecular flexibility index (Phi) is 7.42. The minimum absolute atomic E-state index is 0.157. The molecule has 0 aliphatic rings. The van der Waals surface area contributed by atoms with Crippen molar-refractivity contribution in [1.82, 2.24) is 10.5 Å². The van der Waals surface area contributed by atoms with E-state index in [0.29, 0.717) is 30.0 Å². The van der Waals surface area contributed by atoms with Gasteiger partial charge in [0.1, 0.15) is 11.8 Å². The second-order valence-corrected chi connectivity index (χ2v) is 6.27. The molecule has 0 aromatic carbocycles. The summed E-state index contributed by atoms with van der Waals surface area (Å²) in [6, 6.07) is 0. The molecule has 0 unspecified atom stereocenters. The fourth-order valence-electron chi connectivity index (χ4n) is 1.25. The molecule has 2 N–H and O–H groups in total. The van der Waals surface area contributed by atoms with Crippen molar-refractivity contribution in [3.63, 3.8) is 0 Å². The molecule has 0 saturated heterocycles. The highest BCUT2D eigenvalue weighted by Crippen LogP contribution is 2.21. The molecule has 0 bridgehead atoms. The number of aromatic nitrogens is 1. The third kappa shape index (κ3) is 6.02. The van der Waals surface area contributed by atoms with E-state index in [1.165, 1.54) is 17.1 Å². The number of nitrogens with zero attached hydrogens (tertiary/aromatic N) is 1. The van der Waals surface area contributed by atoms with Gasteiger partial charge in [0.25, 0.3) is 5.91 Å². The van der Waals surface area contributed by atoms with Crippen LogP contribution in [0.3, 0.4) is 0 Å². The van der Waals surface area contributed by atoms with Crippen LogP contribution in [0.2, 0.25) is 0 Å². The summed E-state index contributed by atoms with van der Waals surface area (Å²) in [4.78, 5) is 22.0. The molecule has 0 fully saturated rings. The number of aliphatic carboxylic acids is 1. The topological polar surface area (TPSA) is 92.4 Å². The smallest absolute Gasteiger partial charge is 0.304 e. The highest BCUT2D eigenvalue weighted by atomic mass is 33.1. The van der Waals surface area contributed by atoms with Crippen LogP contribution in [0.25, 0.3) is 0 Å². The zero-order valence-corrected chi connectivity index (χ0v) is 12.2. The van der Waals surface area contributed by atoms with E-state index in [1.807, 2.05) is 6.92 Å². The molecule has 1 aromatic heterocycles. The second-order valence-electron chi connectivity index (χ2n) is 3.57. The van der Waals surface area contributed by atoms with Crippen LogP contribution in [0.4, 0.5) is 0 Å². The Bertz CT molecular complexity index is 423. The summed E-state index contributed by atoms with van der Waals surface area (Å²) in [5.74, 6) is 0.317. The Balaban J connectivity index is 2.13. The fourth-order valence-corrected chi connectivity index (χ4v) is 3.13. The first-order valence-corrected chi connectivity index (χ1v) is 8.31. The van der Waals surface area contributed by atoms with Gasteiger partial charge in [-0.05, 0) is 6.42 Å². The summed E-state index contributed by atoms with van der Waals surface area (Å²) < 4.78 is 4.76. The molecule has 0 aliphatic heterocycles. The zero-order chi connectivity index (χ0) is 14.1. The minimum atomic E-state index is -0.791. The van der Waals surface area contributed by atoms with Gasteiger partial charge in [0.05, 0.1) is 12.1 Å². The Hall–Kier alpha value is -1.15. The standard InChI is InChI=1S/C11H16N2O4S2/c1-2-9-8(7-17-13-9)11(16)12-4-6-19-18-5-3-10(14)15/h7H,2-6H2,1H3,(H,12,16)(H,14,15). The van der Waals surface area contributed by atoms with Gasteiger partial charge in [-0.15, -0.1) is 0 Å². The maximum absolute atomic E-state index is 11.8. The van der Waals surface area contributed by atoms with Crippen LogP contribution in [0.15, 0.2) is 10.8 Å². The van der Waals surface area contributed by atoms with E-state index in [1.54, 1.807) is 10.8 Å². The second kappa shape index (κ2) is 8.87. The number of carbonyl (C=O) groups excluding carboxylic acids is 1. The first kappa shape index (κ1) is 15.9. The molecule has 106 valence electrons. The largest absolute Gasteiger partial charge is 0.481 e. The Morgan fingerprint density at radius 2 is 2.16 bits per heavy atom.